The molecule has 0 saturated carbocycles. The van der Waals surface area contributed by atoms with Crippen LogP contribution in [-0.4, -0.2) is 15.9 Å². The highest BCUT2D eigenvalue weighted by Crippen LogP contribution is 2.15. The van der Waals surface area contributed by atoms with Gasteiger partial charge in [-0.3, -0.25) is 9.78 Å². The molecular weight excluding hydrogens is 241 g/mol. The summed E-state index contributed by atoms with van der Waals surface area (Å²) in [5.74, 6) is -1.54. The third-order valence-corrected chi connectivity index (χ3v) is 2.55. The van der Waals surface area contributed by atoms with E-state index in [1.807, 2.05) is 6.92 Å². The van der Waals surface area contributed by atoms with Crippen LogP contribution in [0.4, 0.5) is 10.1 Å². The highest BCUT2D eigenvalue weighted by Gasteiger charge is 2.21. The van der Waals surface area contributed by atoms with Gasteiger partial charge in [-0.05, 0) is 12.5 Å². The zero-order valence-corrected chi connectivity index (χ0v) is 10.3. The number of nitrogens with two attached hydrogens (primary N) is 1. The Bertz CT molecular complexity index is 425. The van der Waals surface area contributed by atoms with E-state index >= 15 is 0 Å². The molecule has 0 radical (unpaired) electrons. The van der Waals surface area contributed by atoms with Gasteiger partial charge >= 0.3 is 0 Å². The number of nitrogens with zero attached hydrogens (tertiary/aromatic N) is 1. The number of hydrogen-bond donors (Lipinski definition) is 2. The standard InChI is InChI=1S/C11H14FN3OS/c1-2-3-7(10(13)17)11(16)15-9-4-5-14-6-8(9)12/h4-7H,2-3H2,1H3,(H2,13,17)(H,14,15,16). The summed E-state index contributed by atoms with van der Waals surface area (Å²) in [5.41, 5.74) is 5.57. The number of rotatable bonds is 5. The molecule has 1 aromatic rings. The molecule has 0 saturated heterocycles. The lowest BCUT2D eigenvalue weighted by Crippen LogP contribution is -2.33. The van der Waals surface area contributed by atoms with Crippen LogP contribution in [0.1, 0.15) is 19.8 Å². The van der Waals surface area contributed by atoms with Crippen molar-refractivity contribution in [2.75, 3.05) is 5.32 Å². The Balaban J connectivity index is 2.77. The number of pyridine rings is 1. The average Bonchev–Trinajstić information content (AvgIpc) is 2.28. The van der Waals surface area contributed by atoms with E-state index in [0.717, 1.165) is 12.6 Å². The van der Waals surface area contributed by atoms with Gasteiger partial charge in [-0.15, -0.1) is 0 Å². The van der Waals surface area contributed by atoms with Crippen LogP contribution < -0.4 is 11.1 Å². The summed E-state index contributed by atoms with van der Waals surface area (Å²) >= 11 is 4.82. The van der Waals surface area contributed by atoms with Crippen molar-refractivity contribution in [3.63, 3.8) is 0 Å². The van der Waals surface area contributed by atoms with Crippen LogP contribution in [0.15, 0.2) is 18.5 Å². The molecule has 0 fully saturated rings. The summed E-state index contributed by atoms with van der Waals surface area (Å²) in [4.78, 5) is 15.5. The van der Waals surface area contributed by atoms with Crippen LogP contribution in [0.5, 0.6) is 0 Å². The largest absolute Gasteiger partial charge is 0.393 e. The minimum absolute atomic E-state index is 0.0855. The molecule has 1 aromatic heterocycles. The zero-order chi connectivity index (χ0) is 12.8. The molecular formula is C11H14FN3OS. The number of anilines is 1. The molecule has 17 heavy (non-hydrogen) atoms. The van der Waals surface area contributed by atoms with E-state index in [1.165, 1.54) is 12.3 Å². The first-order valence-corrected chi connectivity index (χ1v) is 5.66. The predicted octanol–water partition coefficient (Wildman–Crippen LogP) is 1.86. The Morgan fingerprint density at radius 3 is 2.94 bits per heavy atom. The van der Waals surface area contributed by atoms with E-state index in [0.29, 0.717) is 6.42 Å². The molecule has 0 aliphatic carbocycles. The third-order valence-electron chi connectivity index (χ3n) is 2.27. The lowest BCUT2D eigenvalue weighted by atomic mass is 10.0. The lowest BCUT2D eigenvalue weighted by molar-refractivity contribution is -0.118. The molecule has 1 rings (SSSR count). The van der Waals surface area contributed by atoms with Gasteiger partial charge in [-0.2, -0.15) is 0 Å². The number of amides is 1. The summed E-state index contributed by atoms with van der Waals surface area (Å²) in [5, 5.41) is 2.46. The quantitative estimate of drug-likeness (QED) is 0.788. The summed E-state index contributed by atoms with van der Waals surface area (Å²) < 4.78 is 13.3. The number of carbonyl (C=O) groups excluding carboxylic acids is 1. The fraction of sp³-hybridized carbons (Fsp3) is 0.364. The van der Waals surface area contributed by atoms with Gasteiger partial charge in [-0.1, -0.05) is 25.6 Å². The zero-order valence-electron chi connectivity index (χ0n) is 9.44. The molecule has 0 aliphatic rings. The molecule has 0 aromatic carbocycles. The van der Waals surface area contributed by atoms with Gasteiger partial charge in [0.05, 0.1) is 22.8 Å². The molecule has 1 amide bonds. The molecule has 0 aliphatic heterocycles. The van der Waals surface area contributed by atoms with Crippen molar-refractivity contribution in [3.05, 3.63) is 24.3 Å². The van der Waals surface area contributed by atoms with Crippen molar-refractivity contribution in [1.82, 2.24) is 4.98 Å². The second-order valence-corrected chi connectivity index (χ2v) is 4.06. The Kier molecular flexibility index (Phi) is 4.96. The van der Waals surface area contributed by atoms with Crippen molar-refractivity contribution in [2.24, 2.45) is 11.7 Å². The summed E-state index contributed by atoms with van der Waals surface area (Å²) in [7, 11) is 0. The van der Waals surface area contributed by atoms with Gasteiger partial charge < -0.3 is 11.1 Å². The van der Waals surface area contributed by atoms with Crippen LogP contribution >= 0.6 is 12.2 Å². The number of nitrogens with one attached hydrogen (secondary N) is 1. The number of halogens is 1. The van der Waals surface area contributed by atoms with Crippen molar-refractivity contribution in [1.29, 1.82) is 0 Å². The third kappa shape index (κ3) is 3.74. The average molecular weight is 255 g/mol. The normalized spacial score (nSPS) is 11.9. The SMILES string of the molecule is CCCC(C(=O)Nc1ccncc1F)C(N)=S. The second-order valence-electron chi connectivity index (χ2n) is 3.59. The van der Waals surface area contributed by atoms with Gasteiger partial charge in [0.2, 0.25) is 5.91 Å². The van der Waals surface area contributed by atoms with Crippen molar-refractivity contribution >= 4 is 28.8 Å². The summed E-state index contributed by atoms with van der Waals surface area (Å²) in [6.07, 6.45) is 3.75. The number of carbonyl (C=O) groups is 1. The molecule has 3 N–H and O–H groups in total. The first-order valence-electron chi connectivity index (χ1n) is 5.26. The Labute approximate surface area is 104 Å². The second kappa shape index (κ2) is 6.24. The minimum atomic E-state index is -0.584. The molecule has 1 heterocycles. The molecule has 0 bridgehead atoms. The van der Waals surface area contributed by atoms with E-state index in [2.05, 4.69) is 10.3 Å². The Morgan fingerprint density at radius 2 is 2.41 bits per heavy atom. The van der Waals surface area contributed by atoms with Gasteiger partial charge in [0, 0.05) is 6.20 Å². The molecule has 4 nitrogen and oxygen atoms in total. The fourth-order valence-electron chi connectivity index (χ4n) is 1.39. The molecule has 0 spiro atoms. The Hall–Kier alpha value is -1.56. The van der Waals surface area contributed by atoms with E-state index < -0.39 is 11.7 Å². The maximum atomic E-state index is 13.3. The summed E-state index contributed by atoms with van der Waals surface area (Å²) in [6, 6.07) is 1.38. The lowest BCUT2D eigenvalue weighted by Gasteiger charge is -2.14. The van der Waals surface area contributed by atoms with E-state index in [9.17, 15) is 9.18 Å². The van der Waals surface area contributed by atoms with Gasteiger partial charge in [0.25, 0.3) is 0 Å². The van der Waals surface area contributed by atoms with Crippen LogP contribution in [0.2, 0.25) is 0 Å². The minimum Gasteiger partial charge on any atom is -0.393 e. The van der Waals surface area contributed by atoms with Gasteiger partial charge in [0.15, 0.2) is 5.82 Å². The van der Waals surface area contributed by atoms with E-state index in [4.69, 9.17) is 18.0 Å². The molecule has 1 atom stereocenters. The van der Waals surface area contributed by atoms with Crippen LogP contribution in [0, 0.1) is 11.7 Å². The van der Waals surface area contributed by atoms with E-state index in [1.54, 1.807) is 0 Å². The van der Waals surface area contributed by atoms with Crippen molar-refractivity contribution in [3.8, 4) is 0 Å². The highest BCUT2D eigenvalue weighted by molar-refractivity contribution is 7.80. The van der Waals surface area contributed by atoms with Gasteiger partial charge in [0.1, 0.15) is 0 Å². The van der Waals surface area contributed by atoms with E-state index in [-0.39, 0.29) is 16.6 Å². The first-order chi connectivity index (χ1) is 8.06. The molecule has 1 unspecified atom stereocenters. The first kappa shape index (κ1) is 13.5. The summed E-state index contributed by atoms with van der Waals surface area (Å²) in [6.45, 7) is 1.92. The number of hydrogen-bond acceptors (Lipinski definition) is 3. The van der Waals surface area contributed by atoms with Gasteiger partial charge in [-0.25, -0.2) is 4.39 Å². The maximum Gasteiger partial charge on any atom is 0.234 e. The number of thiocarbonyl (C=S) groups is 1. The van der Waals surface area contributed by atoms with Crippen LogP contribution in [-0.2, 0) is 4.79 Å². The number of aromatic nitrogens is 1. The van der Waals surface area contributed by atoms with Crippen molar-refractivity contribution in [2.45, 2.75) is 19.8 Å². The predicted molar refractivity (Wildman–Crippen MR) is 68.0 cm³/mol. The fourth-order valence-corrected chi connectivity index (χ4v) is 1.61. The molecule has 92 valence electrons. The monoisotopic (exact) mass is 255 g/mol. The van der Waals surface area contributed by atoms with Crippen LogP contribution in [0.25, 0.3) is 0 Å². The van der Waals surface area contributed by atoms with Crippen LogP contribution in [0.3, 0.4) is 0 Å². The highest BCUT2D eigenvalue weighted by atomic mass is 32.1. The smallest absolute Gasteiger partial charge is 0.234 e. The maximum absolute atomic E-state index is 13.3. The Morgan fingerprint density at radius 1 is 1.71 bits per heavy atom. The topological polar surface area (TPSA) is 68.0 Å². The molecule has 6 heteroatoms. The van der Waals surface area contributed by atoms with Crippen molar-refractivity contribution < 1.29 is 9.18 Å².